The van der Waals surface area contributed by atoms with Gasteiger partial charge >= 0.3 is 12.3 Å². The quantitative estimate of drug-likeness (QED) is 0.753. The first-order valence-electron chi connectivity index (χ1n) is 5.33. The van der Waals surface area contributed by atoms with Crippen molar-refractivity contribution in [2.75, 3.05) is 13.1 Å². The molecule has 0 aromatic heterocycles. The molecule has 0 unspecified atom stereocenters. The van der Waals surface area contributed by atoms with Crippen LogP contribution in [-0.4, -0.2) is 46.4 Å². The van der Waals surface area contributed by atoms with Crippen molar-refractivity contribution in [1.29, 1.82) is 0 Å². The van der Waals surface area contributed by atoms with E-state index in [0.717, 1.165) is 0 Å². The second-order valence-corrected chi connectivity index (χ2v) is 5.24. The minimum Gasteiger partial charge on any atom is -0.465 e. The highest BCUT2D eigenvalue weighted by Crippen LogP contribution is 2.43. The number of nitrogens with zero attached hydrogens (tertiary/aromatic N) is 1. The number of hydrogen-bond acceptors (Lipinski definition) is 2. The summed E-state index contributed by atoms with van der Waals surface area (Å²) in [5, 5.41) is 11.7. The van der Waals surface area contributed by atoms with Crippen molar-refractivity contribution in [3.05, 3.63) is 0 Å². The van der Waals surface area contributed by atoms with E-state index in [-0.39, 0.29) is 19.5 Å². The molecule has 1 aliphatic heterocycles. The van der Waals surface area contributed by atoms with E-state index in [4.69, 9.17) is 5.11 Å². The summed E-state index contributed by atoms with van der Waals surface area (Å²) in [6, 6.07) is 0. The van der Waals surface area contributed by atoms with E-state index in [2.05, 4.69) is 5.32 Å². The van der Waals surface area contributed by atoms with Crippen molar-refractivity contribution in [2.45, 2.75) is 44.4 Å². The average Bonchev–Trinajstić information content (AvgIpc) is 2.48. The summed E-state index contributed by atoms with van der Waals surface area (Å²) >= 11 is 0. The Morgan fingerprint density at radius 2 is 1.88 bits per heavy atom. The maximum absolute atomic E-state index is 13.2. The van der Waals surface area contributed by atoms with Gasteiger partial charge in [-0.1, -0.05) is 0 Å². The first-order valence-corrected chi connectivity index (χ1v) is 5.33. The molecule has 0 spiro atoms. The molecule has 0 radical (unpaired) electrons. The molecule has 1 amide bonds. The Hall–Kier alpha value is -0.980. The Morgan fingerprint density at radius 3 is 2.12 bits per heavy atom. The van der Waals surface area contributed by atoms with Gasteiger partial charge in [0.05, 0.1) is 0 Å². The number of nitrogens with one attached hydrogen (secondary N) is 1. The molecule has 4 nitrogen and oxygen atoms in total. The van der Waals surface area contributed by atoms with Crippen molar-refractivity contribution < 1.29 is 23.1 Å². The summed E-state index contributed by atoms with van der Waals surface area (Å²) in [6.45, 7) is 4.17. The minimum absolute atomic E-state index is 0.166. The second kappa shape index (κ2) is 4.04. The zero-order valence-electron chi connectivity index (χ0n) is 10.1. The number of hydrogen-bond donors (Lipinski definition) is 2. The summed E-state index contributed by atoms with van der Waals surface area (Å²) in [7, 11) is 0. The largest absolute Gasteiger partial charge is 0.465 e. The Labute approximate surface area is 97.8 Å². The molecule has 1 saturated heterocycles. The third-order valence-electron chi connectivity index (χ3n) is 2.95. The van der Waals surface area contributed by atoms with Crippen LogP contribution in [0.25, 0.3) is 0 Å². The summed E-state index contributed by atoms with van der Waals surface area (Å²) < 4.78 is 39.6. The molecule has 2 N–H and O–H groups in total. The number of halogens is 3. The fraction of sp³-hybridized carbons (Fsp3) is 0.900. The standard InChI is InChI=1S/C10H17F3N2O2/c1-8(2,3)15(7(16)17)9(10(11,12)13)4-5-14-6-9/h14H,4-6H2,1-3H3,(H,16,17)/t9-/m0/s1. The lowest BCUT2D eigenvalue weighted by molar-refractivity contribution is -0.230. The van der Waals surface area contributed by atoms with Crippen LogP contribution >= 0.6 is 0 Å². The van der Waals surface area contributed by atoms with Gasteiger partial charge in [0.2, 0.25) is 0 Å². The second-order valence-electron chi connectivity index (χ2n) is 5.24. The first kappa shape index (κ1) is 14.1. The summed E-state index contributed by atoms with van der Waals surface area (Å²) in [4.78, 5) is 11.7. The molecular weight excluding hydrogens is 237 g/mol. The van der Waals surface area contributed by atoms with Gasteiger partial charge in [0.25, 0.3) is 0 Å². The molecule has 0 aromatic carbocycles. The number of carboxylic acid groups (broad SMARTS) is 1. The lowest BCUT2D eigenvalue weighted by Crippen LogP contribution is -2.67. The van der Waals surface area contributed by atoms with Crippen molar-refractivity contribution in [3.63, 3.8) is 0 Å². The van der Waals surface area contributed by atoms with Gasteiger partial charge in [-0.05, 0) is 33.7 Å². The Balaban J connectivity index is 3.26. The van der Waals surface area contributed by atoms with Crippen molar-refractivity contribution in [2.24, 2.45) is 0 Å². The molecule has 7 heteroatoms. The van der Waals surface area contributed by atoms with E-state index in [1.54, 1.807) is 0 Å². The molecule has 1 fully saturated rings. The van der Waals surface area contributed by atoms with Crippen LogP contribution in [0, 0.1) is 0 Å². The number of carbonyl (C=O) groups is 1. The Morgan fingerprint density at radius 1 is 1.35 bits per heavy atom. The van der Waals surface area contributed by atoms with Gasteiger partial charge in [0, 0.05) is 12.1 Å². The SMILES string of the molecule is CC(C)(C)N(C(=O)O)[C@@]1(C(F)(F)F)CCNC1. The van der Waals surface area contributed by atoms with Gasteiger partial charge in [-0.3, -0.25) is 4.90 Å². The zero-order valence-corrected chi connectivity index (χ0v) is 10.1. The third kappa shape index (κ3) is 2.34. The molecule has 1 aliphatic rings. The highest BCUT2D eigenvalue weighted by Gasteiger charge is 2.63. The van der Waals surface area contributed by atoms with Crippen LogP contribution in [0.3, 0.4) is 0 Å². The lowest BCUT2D eigenvalue weighted by atomic mass is 9.90. The third-order valence-corrected chi connectivity index (χ3v) is 2.95. The maximum atomic E-state index is 13.2. The first-order chi connectivity index (χ1) is 7.52. The molecule has 0 aromatic rings. The lowest BCUT2D eigenvalue weighted by Gasteiger charge is -2.47. The van der Waals surface area contributed by atoms with Crippen molar-refractivity contribution in [1.82, 2.24) is 10.2 Å². The molecule has 17 heavy (non-hydrogen) atoms. The van der Waals surface area contributed by atoms with Crippen molar-refractivity contribution >= 4 is 6.09 Å². The summed E-state index contributed by atoms with van der Waals surface area (Å²) in [5.41, 5.74) is -3.43. The molecule has 1 rings (SSSR count). The van der Waals surface area contributed by atoms with E-state index in [1.165, 1.54) is 20.8 Å². The van der Waals surface area contributed by atoms with Gasteiger partial charge in [-0.15, -0.1) is 0 Å². The Bertz CT molecular complexity index is 304. The maximum Gasteiger partial charge on any atom is 0.413 e. The van der Waals surface area contributed by atoms with Gasteiger partial charge in [-0.25, -0.2) is 4.79 Å². The van der Waals surface area contributed by atoms with Crippen LogP contribution < -0.4 is 5.32 Å². The van der Waals surface area contributed by atoms with Crippen LogP contribution in [0.2, 0.25) is 0 Å². The fourth-order valence-corrected chi connectivity index (χ4v) is 2.35. The molecular formula is C10H17F3N2O2. The fourth-order valence-electron chi connectivity index (χ4n) is 2.35. The minimum atomic E-state index is -4.58. The van der Waals surface area contributed by atoms with Crippen LogP contribution in [0.5, 0.6) is 0 Å². The highest BCUT2D eigenvalue weighted by molar-refractivity contribution is 5.67. The van der Waals surface area contributed by atoms with Gasteiger partial charge < -0.3 is 10.4 Å². The van der Waals surface area contributed by atoms with E-state index in [9.17, 15) is 18.0 Å². The number of rotatable bonds is 1. The molecule has 100 valence electrons. The van der Waals surface area contributed by atoms with E-state index in [0.29, 0.717) is 4.90 Å². The molecule has 0 bridgehead atoms. The predicted molar refractivity (Wildman–Crippen MR) is 55.9 cm³/mol. The smallest absolute Gasteiger partial charge is 0.413 e. The van der Waals surface area contributed by atoms with Gasteiger partial charge in [0.15, 0.2) is 5.54 Å². The van der Waals surface area contributed by atoms with Gasteiger partial charge in [0.1, 0.15) is 0 Å². The predicted octanol–water partition coefficient (Wildman–Crippen LogP) is 2.06. The summed E-state index contributed by atoms with van der Waals surface area (Å²) in [6.07, 6.45) is -6.37. The van der Waals surface area contributed by atoms with E-state index >= 15 is 0 Å². The topological polar surface area (TPSA) is 52.6 Å². The normalized spacial score (nSPS) is 26.0. The average molecular weight is 254 g/mol. The van der Waals surface area contributed by atoms with Crippen LogP contribution in [0.15, 0.2) is 0 Å². The van der Waals surface area contributed by atoms with Crippen LogP contribution in [-0.2, 0) is 0 Å². The number of alkyl halides is 3. The monoisotopic (exact) mass is 254 g/mol. The van der Waals surface area contributed by atoms with Gasteiger partial charge in [-0.2, -0.15) is 13.2 Å². The Kier molecular flexibility index (Phi) is 3.35. The highest BCUT2D eigenvalue weighted by atomic mass is 19.4. The van der Waals surface area contributed by atoms with E-state index in [1.807, 2.05) is 0 Å². The van der Waals surface area contributed by atoms with Crippen LogP contribution in [0.4, 0.5) is 18.0 Å². The summed E-state index contributed by atoms with van der Waals surface area (Å²) in [5.74, 6) is 0. The molecule has 1 heterocycles. The molecule has 1 atom stereocenters. The number of amides is 1. The molecule has 0 saturated carbocycles. The molecule has 0 aliphatic carbocycles. The zero-order chi connectivity index (χ0) is 13.5. The van der Waals surface area contributed by atoms with Crippen LogP contribution in [0.1, 0.15) is 27.2 Å². The van der Waals surface area contributed by atoms with E-state index < -0.39 is 23.3 Å². The van der Waals surface area contributed by atoms with Crippen molar-refractivity contribution in [3.8, 4) is 0 Å².